The second-order valence-electron chi connectivity index (χ2n) is 3.87. The van der Waals surface area contributed by atoms with Crippen LogP contribution in [-0.2, 0) is 6.54 Å². The van der Waals surface area contributed by atoms with Gasteiger partial charge < -0.3 is 15.6 Å². The van der Waals surface area contributed by atoms with Gasteiger partial charge in [-0.25, -0.2) is 0 Å². The topological polar surface area (TPSA) is 55.5 Å². The number of hydrogen-bond acceptors (Lipinski definition) is 3. The molecule has 0 aliphatic rings. The molecule has 0 heterocycles. The van der Waals surface area contributed by atoms with E-state index in [-0.39, 0.29) is 12.5 Å². The zero-order valence-corrected chi connectivity index (χ0v) is 9.36. The van der Waals surface area contributed by atoms with E-state index in [9.17, 15) is 0 Å². The molecule has 0 bridgehead atoms. The van der Waals surface area contributed by atoms with Crippen LogP contribution in [0.25, 0.3) is 0 Å². The number of hydrogen-bond donors (Lipinski definition) is 2. The molecule has 3 N–H and O–H groups in total. The van der Waals surface area contributed by atoms with Crippen molar-refractivity contribution in [2.75, 3.05) is 13.2 Å². The summed E-state index contributed by atoms with van der Waals surface area (Å²) >= 11 is 0. The van der Waals surface area contributed by atoms with Gasteiger partial charge in [0.05, 0.1) is 6.61 Å². The van der Waals surface area contributed by atoms with Gasteiger partial charge in [0.1, 0.15) is 5.75 Å². The van der Waals surface area contributed by atoms with Crippen LogP contribution >= 0.6 is 0 Å². The minimum absolute atomic E-state index is 0.143. The highest BCUT2D eigenvalue weighted by molar-refractivity contribution is 5.40. The maximum atomic E-state index is 8.90. The molecule has 15 heavy (non-hydrogen) atoms. The molecule has 3 heteroatoms. The highest BCUT2D eigenvalue weighted by atomic mass is 16.5. The Kier molecular flexibility index (Phi) is 4.59. The van der Waals surface area contributed by atoms with Gasteiger partial charge in [-0.2, -0.15) is 0 Å². The summed E-state index contributed by atoms with van der Waals surface area (Å²) in [5.74, 6) is 1.01. The van der Waals surface area contributed by atoms with Crippen molar-refractivity contribution in [3.63, 3.8) is 0 Å². The molecule has 84 valence electrons. The van der Waals surface area contributed by atoms with Crippen LogP contribution in [0.15, 0.2) is 18.2 Å². The number of aliphatic hydroxyl groups excluding tert-OH is 1. The van der Waals surface area contributed by atoms with Crippen LogP contribution in [0.2, 0.25) is 0 Å². The molecule has 1 aromatic rings. The minimum atomic E-state index is 0.143. The van der Waals surface area contributed by atoms with Crippen molar-refractivity contribution in [2.24, 2.45) is 11.7 Å². The quantitative estimate of drug-likeness (QED) is 0.772. The van der Waals surface area contributed by atoms with Crippen molar-refractivity contribution < 1.29 is 9.84 Å². The summed E-state index contributed by atoms with van der Waals surface area (Å²) in [6, 6.07) is 5.93. The summed E-state index contributed by atoms with van der Waals surface area (Å²) in [7, 11) is 0. The summed E-state index contributed by atoms with van der Waals surface area (Å²) in [5.41, 5.74) is 7.73. The normalized spacial score (nSPS) is 12.5. The van der Waals surface area contributed by atoms with Gasteiger partial charge in [0.15, 0.2) is 0 Å². The first-order valence-electron chi connectivity index (χ1n) is 5.21. The lowest BCUT2D eigenvalue weighted by molar-refractivity contribution is 0.173. The molecule has 0 aliphatic carbocycles. The molecule has 1 rings (SSSR count). The third-order valence-electron chi connectivity index (χ3n) is 2.34. The Labute approximate surface area is 90.9 Å². The molecule has 3 nitrogen and oxygen atoms in total. The third kappa shape index (κ3) is 3.22. The van der Waals surface area contributed by atoms with Crippen molar-refractivity contribution in [1.29, 1.82) is 0 Å². The molecule has 1 unspecified atom stereocenters. The number of aryl methyl sites for hydroxylation is 1. The Balaban J connectivity index is 2.74. The van der Waals surface area contributed by atoms with Gasteiger partial charge in [0.2, 0.25) is 0 Å². The molecule has 0 aromatic heterocycles. The van der Waals surface area contributed by atoms with Crippen LogP contribution in [0.3, 0.4) is 0 Å². The fourth-order valence-electron chi connectivity index (χ4n) is 1.36. The van der Waals surface area contributed by atoms with E-state index in [4.69, 9.17) is 15.6 Å². The Morgan fingerprint density at radius 1 is 1.47 bits per heavy atom. The molecule has 1 atom stereocenters. The zero-order valence-electron chi connectivity index (χ0n) is 9.36. The number of aliphatic hydroxyl groups is 1. The van der Waals surface area contributed by atoms with Crippen LogP contribution in [0, 0.1) is 12.8 Å². The largest absolute Gasteiger partial charge is 0.493 e. The summed E-state index contributed by atoms with van der Waals surface area (Å²) in [4.78, 5) is 0. The van der Waals surface area contributed by atoms with E-state index in [1.807, 2.05) is 32.0 Å². The number of para-hydroxylation sites is 1. The number of benzene rings is 1. The molecular weight excluding hydrogens is 190 g/mol. The monoisotopic (exact) mass is 209 g/mol. The first-order valence-corrected chi connectivity index (χ1v) is 5.21. The average Bonchev–Trinajstić information content (AvgIpc) is 2.26. The van der Waals surface area contributed by atoms with Crippen LogP contribution in [0.5, 0.6) is 5.75 Å². The number of ether oxygens (including phenoxy) is 1. The lowest BCUT2D eigenvalue weighted by Gasteiger charge is -2.15. The van der Waals surface area contributed by atoms with E-state index in [0.717, 1.165) is 16.9 Å². The fraction of sp³-hybridized carbons (Fsp3) is 0.500. The zero-order chi connectivity index (χ0) is 11.3. The van der Waals surface area contributed by atoms with Gasteiger partial charge in [0.25, 0.3) is 0 Å². The summed E-state index contributed by atoms with van der Waals surface area (Å²) < 4.78 is 5.67. The van der Waals surface area contributed by atoms with Crippen molar-refractivity contribution in [1.82, 2.24) is 0 Å². The van der Waals surface area contributed by atoms with Crippen LogP contribution in [-0.4, -0.2) is 18.3 Å². The minimum Gasteiger partial charge on any atom is -0.493 e. The van der Waals surface area contributed by atoms with E-state index in [1.165, 1.54) is 0 Å². The Bertz CT molecular complexity index is 312. The molecule has 0 radical (unpaired) electrons. The Morgan fingerprint density at radius 2 is 2.20 bits per heavy atom. The van der Waals surface area contributed by atoms with E-state index in [2.05, 4.69) is 0 Å². The van der Waals surface area contributed by atoms with Gasteiger partial charge >= 0.3 is 0 Å². The maximum absolute atomic E-state index is 8.90. The second-order valence-corrected chi connectivity index (χ2v) is 3.87. The highest BCUT2D eigenvalue weighted by Gasteiger charge is 2.07. The Hall–Kier alpha value is -1.06. The first kappa shape index (κ1) is 12.0. The first-order chi connectivity index (χ1) is 7.19. The van der Waals surface area contributed by atoms with Crippen LogP contribution in [0.4, 0.5) is 0 Å². The van der Waals surface area contributed by atoms with Gasteiger partial charge in [-0.1, -0.05) is 25.1 Å². The summed E-state index contributed by atoms with van der Waals surface area (Å²) in [5, 5.41) is 8.90. The maximum Gasteiger partial charge on any atom is 0.126 e. The SMILES string of the molecule is Cc1cccc(CN)c1OCC(C)CO. The predicted molar refractivity (Wildman–Crippen MR) is 60.8 cm³/mol. The van der Waals surface area contributed by atoms with Crippen LogP contribution in [0.1, 0.15) is 18.1 Å². The van der Waals surface area contributed by atoms with Crippen molar-refractivity contribution >= 4 is 0 Å². The number of rotatable bonds is 5. The van der Waals surface area contributed by atoms with Gasteiger partial charge in [-0.05, 0) is 12.5 Å². The van der Waals surface area contributed by atoms with E-state index < -0.39 is 0 Å². The fourth-order valence-corrected chi connectivity index (χ4v) is 1.36. The molecule has 1 aromatic carbocycles. The van der Waals surface area contributed by atoms with E-state index in [1.54, 1.807) is 0 Å². The van der Waals surface area contributed by atoms with E-state index in [0.29, 0.717) is 13.2 Å². The lowest BCUT2D eigenvalue weighted by atomic mass is 10.1. The van der Waals surface area contributed by atoms with Gasteiger partial charge in [-0.15, -0.1) is 0 Å². The smallest absolute Gasteiger partial charge is 0.126 e. The van der Waals surface area contributed by atoms with E-state index >= 15 is 0 Å². The molecule has 0 aliphatic heterocycles. The van der Waals surface area contributed by atoms with Crippen molar-refractivity contribution in [3.05, 3.63) is 29.3 Å². The predicted octanol–water partition coefficient (Wildman–Crippen LogP) is 1.46. The van der Waals surface area contributed by atoms with Gasteiger partial charge in [0, 0.05) is 24.6 Å². The van der Waals surface area contributed by atoms with Crippen LogP contribution < -0.4 is 10.5 Å². The molecule has 0 saturated heterocycles. The van der Waals surface area contributed by atoms with Gasteiger partial charge in [-0.3, -0.25) is 0 Å². The Morgan fingerprint density at radius 3 is 2.80 bits per heavy atom. The molecular formula is C12H19NO2. The lowest BCUT2D eigenvalue weighted by Crippen LogP contribution is -2.14. The molecule has 0 amide bonds. The van der Waals surface area contributed by atoms with Crippen molar-refractivity contribution in [3.8, 4) is 5.75 Å². The number of nitrogens with two attached hydrogens (primary N) is 1. The molecule has 0 spiro atoms. The standard InChI is InChI=1S/C12H19NO2/c1-9(7-14)8-15-12-10(2)4-3-5-11(12)6-13/h3-5,9,14H,6-8,13H2,1-2H3. The second kappa shape index (κ2) is 5.73. The van der Waals surface area contributed by atoms with Crippen molar-refractivity contribution in [2.45, 2.75) is 20.4 Å². The third-order valence-corrected chi connectivity index (χ3v) is 2.34. The molecule has 0 fully saturated rings. The highest BCUT2D eigenvalue weighted by Crippen LogP contribution is 2.23. The summed E-state index contributed by atoms with van der Waals surface area (Å²) in [6.07, 6.45) is 0. The summed E-state index contributed by atoms with van der Waals surface area (Å²) in [6.45, 7) is 5.08. The molecule has 0 saturated carbocycles. The average molecular weight is 209 g/mol.